The molecule has 1 rings (SSSR count). The maximum atomic E-state index is 9.51. The van der Waals surface area contributed by atoms with Crippen LogP contribution < -0.4 is 5.32 Å². The summed E-state index contributed by atoms with van der Waals surface area (Å²) in [5.41, 5.74) is 1.14. The Morgan fingerprint density at radius 2 is 2.19 bits per heavy atom. The van der Waals surface area contributed by atoms with Crippen LogP contribution in [-0.4, -0.2) is 31.5 Å². The molecule has 0 aromatic carbocycles. The molecule has 1 aromatic rings. The molecule has 0 unspecified atom stereocenters. The van der Waals surface area contributed by atoms with Gasteiger partial charge in [0.2, 0.25) is 0 Å². The highest BCUT2D eigenvalue weighted by atomic mass is 16.5. The van der Waals surface area contributed by atoms with E-state index in [4.69, 9.17) is 9.15 Å². The van der Waals surface area contributed by atoms with E-state index < -0.39 is 6.10 Å². The highest BCUT2D eigenvalue weighted by Gasteiger charge is 2.13. The van der Waals surface area contributed by atoms with Crippen molar-refractivity contribution in [3.05, 3.63) is 23.2 Å². The highest BCUT2D eigenvalue weighted by Crippen LogP contribution is 2.20. The minimum absolute atomic E-state index is 0.170. The molecule has 0 aliphatic heterocycles. The quantitative estimate of drug-likeness (QED) is 0.774. The van der Waals surface area contributed by atoms with Crippen LogP contribution in [0.1, 0.15) is 30.0 Å². The van der Waals surface area contributed by atoms with Gasteiger partial charge in [0.25, 0.3) is 0 Å². The van der Waals surface area contributed by atoms with E-state index >= 15 is 0 Å². The number of aliphatic hydroxyl groups excluding tert-OH is 1. The summed E-state index contributed by atoms with van der Waals surface area (Å²) < 4.78 is 10.3. The third kappa shape index (κ3) is 3.63. The van der Waals surface area contributed by atoms with Crippen LogP contribution in [0, 0.1) is 13.8 Å². The molecule has 0 spiro atoms. The average Bonchev–Trinajstić information content (AvgIpc) is 2.55. The van der Waals surface area contributed by atoms with Crippen molar-refractivity contribution < 1.29 is 14.3 Å². The lowest BCUT2D eigenvalue weighted by Gasteiger charge is -2.16. The highest BCUT2D eigenvalue weighted by molar-refractivity contribution is 5.23. The normalized spacial score (nSPS) is 15.1. The van der Waals surface area contributed by atoms with Crippen LogP contribution in [0.25, 0.3) is 0 Å². The van der Waals surface area contributed by atoms with Crippen LogP contribution in [0.15, 0.2) is 10.5 Å². The number of nitrogens with one attached hydrogen (secondary N) is 1. The predicted octanol–water partition coefficient (Wildman–Crippen LogP) is 1.55. The molecule has 0 aliphatic rings. The molecule has 0 saturated heterocycles. The second-order valence-electron chi connectivity index (χ2n) is 4.11. The van der Waals surface area contributed by atoms with Crippen molar-refractivity contribution in [2.75, 3.05) is 20.3 Å². The number of ether oxygens (including phenoxy) is 1. The van der Waals surface area contributed by atoms with Gasteiger partial charge in [-0.1, -0.05) is 0 Å². The molecule has 0 amide bonds. The molecular weight excluding hydrogens is 206 g/mol. The van der Waals surface area contributed by atoms with Gasteiger partial charge in [0, 0.05) is 25.3 Å². The third-order valence-corrected chi connectivity index (χ3v) is 2.56. The summed E-state index contributed by atoms with van der Waals surface area (Å²) in [4.78, 5) is 0. The lowest BCUT2D eigenvalue weighted by atomic mass is 10.1. The maximum absolute atomic E-state index is 9.51. The molecule has 4 nitrogen and oxygen atoms in total. The minimum Gasteiger partial charge on any atom is -0.466 e. The van der Waals surface area contributed by atoms with Gasteiger partial charge < -0.3 is 19.6 Å². The number of aliphatic hydroxyl groups is 1. The number of hydrogen-bond acceptors (Lipinski definition) is 4. The van der Waals surface area contributed by atoms with E-state index in [1.165, 1.54) is 0 Å². The molecule has 2 N–H and O–H groups in total. The zero-order chi connectivity index (χ0) is 12.1. The third-order valence-electron chi connectivity index (χ3n) is 2.56. The summed E-state index contributed by atoms with van der Waals surface area (Å²) in [5.74, 6) is 1.84. The molecule has 4 heteroatoms. The number of rotatable bonds is 6. The Kier molecular flexibility index (Phi) is 4.99. The largest absolute Gasteiger partial charge is 0.466 e. The molecule has 92 valence electrons. The average molecular weight is 227 g/mol. The minimum atomic E-state index is -0.472. The fraction of sp³-hybridized carbons (Fsp3) is 0.667. The van der Waals surface area contributed by atoms with Gasteiger partial charge in [-0.05, 0) is 26.8 Å². The molecule has 1 heterocycles. The first-order chi connectivity index (χ1) is 7.54. The van der Waals surface area contributed by atoms with Gasteiger partial charge in [0.15, 0.2) is 0 Å². The molecule has 16 heavy (non-hydrogen) atoms. The van der Waals surface area contributed by atoms with Gasteiger partial charge in [0.05, 0.1) is 12.7 Å². The number of furan rings is 1. The second kappa shape index (κ2) is 6.03. The van der Waals surface area contributed by atoms with Crippen LogP contribution >= 0.6 is 0 Å². The number of methoxy groups -OCH3 is 1. The Balaban J connectivity index is 2.46. The zero-order valence-corrected chi connectivity index (χ0v) is 10.4. The summed E-state index contributed by atoms with van der Waals surface area (Å²) in [6, 6.07) is 2.19. The maximum Gasteiger partial charge on any atom is 0.105 e. The van der Waals surface area contributed by atoms with Gasteiger partial charge in [0.1, 0.15) is 11.5 Å². The van der Waals surface area contributed by atoms with Gasteiger partial charge in [-0.3, -0.25) is 0 Å². The van der Waals surface area contributed by atoms with Crippen LogP contribution in [0.5, 0.6) is 0 Å². The monoisotopic (exact) mass is 227 g/mol. The first kappa shape index (κ1) is 13.2. The Morgan fingerprint density at radius 1 is 1.50 bits per heavy atom. The van der Waals surface area contributed by atoms with Crippen molar-refractivity contribution in [3.63, 3.8) is 0 Å². The summed E-state index contributed by atoms with van der Waals surface area (Å²) in [5, 5.41) is 12.8. The standard InChI is InChI=1S/C12H21NO3/c1-8-5-12(10(3)16-8)9(2)13-6-11(14)7-15-4/h5,9,11,13-14H,6-7H2,1-4H3/t9-,11-/m0/s1. The van der Waals surface area contributed by atoms with Crippen molar-refractivity contribution in [1.82, 2.24) is 5.32 Å². The first-order valence-corrected chi connectivity index (χ1v) is 5.52. The Morgan fingerprint density at radius 3 is 2.69 bits per heavy atom. The molecule has 0 fully saturated rings. The SMILES string of the molecule is COC[C@@H](O)CN[C@@H](C)c1cc(C)oc1C. The summed E-state index contributed by atoms with van der Waals surface area (Å²) in [7, 11) is 1.58. The van der Waals surface area contributed by atoms with Gasteiger partial charge in [-0.25, -0.2) is 0 Å². The van der Waals surface area contributed by atoms with Crippen LogP contribution in [0.4, 0.5) is 0 Å². The summed E-state index contributed by atoms with van der Waals surface area (Å²) in [6.07, 6.45) is -0.472. The van der Waals surface area contributed by atoms with E-state index in [1.54, 1.807) is 7.11 Å². The van der Waals surface area contributed by atoms with E-state index in [0.717, 1.165) is 17.1 Å². The summed E-state index contributed by atoms with van der Waals surface area (Å²) >= 11 is 0. The second-order valence-corrected chi connectivity index (χ2v) is 4.11. The lowest BCUT2D eigenvalue weighted by Crippen LogP contribution is -2.31. The Labute approximate surface area is 96.6 Å². The molecular formula is C12H21NO3. The molecule has 0 saturated carbocycles. The molecule has 2 atom stereocenters. The molecule has 0 radical (unpaired) electrons. The van der Waals surface area contributed by atoms with E-state index in [1.807, 2.05) is 19.9 Å². The zero-order valence-electron chi connectivity index (χ0n) is 10.4. The topological polar surface area (TPSA) is 54.6 Å². The van der Waals surface area contributed by atoms with E-state index in [9.17, 15) is 5.11 Å². The van der Waals surface area contributed by atoms with Gasteiger partial charge in [-0.2, -0.15) is 0 Å². The van der Waals surface area contributed by atoms with Crippen molar-refractivity contribution in [3.8, 4) is 0 Å². The van der Waals surface area contributed by atoms with Crippen LogP contribution in [-0.2, 0) is 4.74 Å². The van der Waals surface area contributed by atoms with E-state index in [-0.39, 0.29) is 6.04 Å². The van der Waals surface area contributed by atoms with Crippen molar-refractivity contribution in [2.45, 2.75) is 32.9 Å². The Hall–Kier alpha value is -0.840. The first-order valence-electron chi connectivity index (χ1n) is 5.52. The fourth-order valence-corrected chi connectivity index (χ4v) is 1.75. The molecule has 0 aliphatic carbocycles. The fourth-order valence-electron chi connectivity index (χ4n) is 1.75. The number of hydrogen-bond donors (Lipinski definition) is 2. The van der Waals surface area contributed by atoms with Gasteiger partial charge >= 0.3 is 0 Å². The van der Waals surface area contributed by atoms with Crippen LogP contribution in [0.2, 0.25) is 0 Å². The van der Waals surface area contributed by atoms with E-state index in [2.05, 4.69) is 12.2 Å². The number of aryl methyl sites for hydroxylation is 2. The van der Waals surface area contributed by atoms with E-state index in [0.29, 0.717) is 13.2 Å². The molecule has 1 aromatic heterocycles. The van der Waals surface area contributed by atoms with Crippen LogP contribution in [0.3, 0.4) is 0 Å². The Bertz CT molecular complexity index is 322. The summed E-state index contributed by atoms with van der Waals surface area (Å²) in [6.45, 7) is 6.80. The lowest BCUT2D eigenvalue weighted by molar-refractivity contribution is 0.0630. The van der Waals surface area contributed by atoms with Crippen molar-refractivity contribution in [1.29, 1.82) is 0 Å². The van der Waals surface area contributed by atoms with Crippen molar-refractivity contribution >= 4 is 0 Å². The predicted molar refractivity (Wildman–Crippen MR) is 62.5 cm³/mol. The molecule has 0 bridgehead atoms. The van der Waals surface area contributed by atoms with Crippen molar-refractivity contribution in [2.24, 2.45) is 0 Å². The smallest absolute Gasteiger partial charge is 0.105 e. The van der Waals surface area contributed by atoms with Gasteiger partial charge in [-0.15, -0.1) is 0 Å².